The Balaban J connectivity index is 1.87. The minimum atomic E-state index is -4.83. The van der Waals surface area contributed by atoms with Crippen molar-refractivity contribution in [3.8, 4) is 0 Å². The molecule has 0 spiro atoms. The first kappa shape index (κ1) is 36.0. The van der Waals surface area contributed by atoms with Gasteiger partial charge in [0.2, 0.25) is 11.8 Å². The summed E-state index contributed by atoms with van der Waals surface area (Å²) in [6.07, 6.45) is -4.75. The Kier molecular flexibility index (Phi) is 11.8. The molecule has 1 atom stereocenters. The lowest BCUT2D eigenvalue weighted by atomic mass is 10.0. The molecule has 2 amide bonds. The van der Waals surface area contributed by atoms with Crippen molar-refractivity contribution in [2.24, 2.45) is 0 Å². The number of benzene rings is 4. The van der Waals surface area contributed by atoms with Gasteiger partial charge in [-0.05, 0) is 67.4 Å². The maximum atomic E-state index is 14.5. The molecule has 0 radical (unpaired) electrons. The summed E-state index contributed by atoms with van der Waals surface area (Å²) in [4.78, 5) is 29.2. The summed E-state index contributed by atoms with van der Waals surface area (Å²) in [5.74, 6) is -1.32. The van der Waals surface area contributed by atoms with Crippen molar-refractivity contribution >= 4 is 55.1 Å². The summed E-state index contributed by atoms with van der Waals surface area (Å²) >= 11 is 9.77. The normalized spacial score (nSPS) is 12.4. The van der Waals surface area contributed by atoms with E-state index in [1.54, 1.807) is 68.4 Å². The van der Waals surface area contributed by atoms with Gasteiger partial charge in [-0.1, -0.05) is 88.2 Å². The Bertz CT molecular complexity index is 1810. The van der Waals surface area contributed by atoms with Crippen LogP contribution in [0.15, 0.2) is 112 Å². The summed E-state index contributed by atoms with van der Waals surface area (Å²) in [5.41, 5.74) is -0.329. The summed E-state index contributed by atoms with van der Waals surface area (Å²) < 4.78 is 70.9. The van der Waals surface area contributed by atoms with E-state index in [1.807, 2.05) is 6.07 Å². The largest absolute Gasteiger partial charge is 0.416 e. The van der Waals surface area contributed by atoms with Gasteiger partial charge >= 0.3 is 6.18 Å². The van der Waals surface area contributed by atoms with E-state index in [-0.39, 0.29) is 28.9 Å². The lowest BCUT2D eigenvalue weighted by Gasteiger charge is -2.34. The number of carbonyl (C=O) groups is 2. The lowest BCUT2D eigenvalue weighted by Crippen LogP contribution is -2.54. The third kappa shape index (κ3) is 9.36. The van der Waals surface area contributed by atoms with Gasteiger partial charge in [0, 0.05) is 23.5 Å². The zero-order chi connectivity index (χ0) is 34.4. The van der Waals surface area contributed by atoms with Crippen LogP contribution in [0.25, 0.3) is 0 Å². The number of hydrogen-bond acceptors (Lipinski definition) is 4. The van der Waals surface area contributed by atoms with Crippen LogP contribution in [-0.2, 0) is 38.8 Å². The fourth-order valence-corrected chi connectivity index (χ4v) is 7.04. The van der Waals surface area contributed by atoms with Gasteiger partial charge in [0.1, 0.15) is 12.6 Å². The molecule has 248 valence electrons. The molecule has 0 fully saturated rings. The molecule has 7 nitrogen and oxygen atoms in total. The molecule has 0 aliphatic rings. The number of amides is 2. The molecule has 1 unspecified atom stereocenters. The third-order valence-corrected chi connectivity index (χ3v) is 9.68. The first-order valence-electron chi connectivity index (χ1n) is 14.5. The van der Waals surface area contributed by atoms with Gasteiger partial charge in [-0.25, -0.2) is 8.42 Å². The number of halogens is 5. The van der Waals surface area contributed by atoms with E-state index in [0.717, 1.165) is 17.7 Å². The fourth-order valence-electron chi connectivity index (χ4n) is 4.88. The zero-order valence-corrected chi connectivity index (χ0v) is 28.6. The number of carbonyl (C=O) groups excluding carboxylic acids is 2. The van der Waals surface area contributed by atoms with Crippen molar-refractivity contribution in [2.75, 3.05) is 10.8 Å². The van der Waals surface area contributed by atoms with E-state index in [0.29, 0.717) is 20.4 Å². The molecule has 0 bridgehead atoms. The number of rotatable bonds is 12. The quantitative estimate of drug-likeness (QED) is 0.163. The van der Waals surface area contributed by atoms with Crippen molar-refractivity contribution < 1.29 is 31.2 Å². The van der Waals surface area contributed by atoms with Crippen LogP contribution in [0.3, 0.4) is 0 Å². The monoisotopic (exact) mass is 749 g/mol. The van der Waals surface area contributed by atoms with Crippen molar-refractivity contribution in [1.29, 1.82) is 0 Å². The Hall–Kier alpha value is -3.87. The van der Waals surface area contributed by atoms with E-state index in [9.17, 15) is 31.2 Å². The molecular formula is C34H32BrClF3N3O4S. The van der Waals surface area contributed by atoms with Gasteiger partial charge < -0.3 is 10.2 Å². The highest BCUT2D eigenvalue weighted by molar-refractivity contribution is 9.10. The maximum Gasteiger partial charge on any atom is 0.416 e. The molecule has 0 saturated carbocycles. The second-order valence-corrected chi connectivity index (χ2v) is 14.2. The predicted molar refractivity (Wildman–Crippen MR) is 179 cm³/mol. The van der Waals surface area contributed by atoms with Crippen molar-refractivity contribution in [2.45, 2.75) is 50.0 Å². The number of hydrogen-bond donors (Lipinski definition) is 1. The van der Waals surface area contributed by atoms with Crippen LogP contribution in [0.4, 0.5) is 18.9 Å². The van der Waals surface area contributed by atoms with Crippen molar-refractivity contribution in [1.82, 2.24) is 10.2 Å². The summed E-state index contributed by atoms with van der Waals surface area (Å²) in [6, 6.07) is 23.9. The van der Waals surface area contributed by atoms with Crippen LogP contribution in [-0.4, -0.2) is 43.8 Å². The van der Waals surface area contributed by atoms with E-state index in [4.69, 9.17) is 11.6 Å². The fraction of sp³-hybridized carbons (Fsp3) is 0.235. The molecule has 13 heteroatoms. The van der Waals surface area contributed by atoms with Gasteiger partial charge in [-0.15, -0.1) is 0 Å². The zero-order valence-electron chi connectivity index (χ0n) is 25.4. The van der Waals surface area contributed by atoms with Gasteiger partial charge in [-0.3, -0.25) is 13.9 Å². The molecule has 4 rings (SSSR count). The van der Waals surface area contributed by atoms with Crippen molar-refractivity contribution in [3.05, 3.63) is 129 Å². The first-order chi connectivity index (χ1) is 22.2. The molecule has 0 aliphatic heterocycles. The molecule has 0 aliphatic carbocycles. The van der Waals surface area contributed by atoms with Crippen LogP contribution < -0.4 is 9.62 Å². The van der Waals surface area contributed by atoms with Crippen LogP contribution in [0.1, 0.15) is 30.5 Å². The van der Waals surface area contributed by atoms with Crippen LogP contribution in [0.5, 0.6) is 0 Å². The lowest BCUT2D eigenvalue weighted by molar-refractivity contribution is -0.140. The van der Waals surface area contributed by atoms with Gasteiger partial charge in [0.25, 0.3) is 10.0 Å². The van der Waals surface area contributed by atoms with Crippen LogP contribution in [0, 0.1) is 0 Å². The van der Waals surface area contributed by atoms with Gasteiger partial charge in [0.05, 0.1) is 21.2 Å². The third-order valence-electron chi connectivity index (χ3n) is 7.10. The molecule has 0 aromatic heterocycles. The average molecular weight is 751 g/mol. The maximum absolute atomic E-state index is 14.5. The molecule has 47 heavy (non-hydrogen) atoms. The van der Waals surface area contributed by atoms with Gasteiger partial charge in [-0.2, -0.15) is 13.2 Å². The molecular weight excluding hydrogens is 719 g/mol. The Morgan fingerprint density at radius 1 is 0.872 bits per heavy atom. The SMILES string of the molecule is CC(C)NC(=O)C(Cc1ccccc1)N(Cc1cccc(Br)c1)C(=O)CN(c1cc(C(F)(F)F)ccc1Cl)S(=O)(=O)c1ccccc1. The summed E-state index contributed by atoms with van der Waals surface area (Å²) in [6.45, 7) is 2.47. The van der Waals surface area contributed by atoms with Crippen LogP contribution >= 0.6 is 27.5 Å². The highest BCUT2D eigenvalue weighted by Gasteiger charge is 2.37. The highest BCUT2D eigenvalue weighted by Crippen LogP contribution is 2.37. The standard InChI is InChI=1S/C34H32BrClF3N3O4S/c1-23(2)40-33(44)31(19-24-10-5-3-6-11-24)41(21-25-12-9-13-27(35)18-25)32(43)22-42(47(45,46)28-14-7-4-8-15-28)30-20-26(34(37,38)39)16-17-29(30)36/h3-18,20,23,31H,19,21-22H2,1-2H3,(H,40,44). The average Bonchev–Trinajstić information content (AvgIpc) is 3.02. The van der Waals surface area contributed by atoms with E-state index in [2.05, 4.69) is 21.2 Å². The first-order valence-corrected chi connectivity index (χ1v) is 17.1. The van der Waals surface area contributed by atoms with Gasteiger partial charge in [0.15, 0.2) is 0 Å². The number of nitrogens with one attached hydrogen (secondary N) is 1. The van der Waals surface area contributed by atoms with Crippen molar-refractivity contribution in [3.63, 3.8) is 0 Å². The molecule has 4 aromatic carbocycles. The van der Waals surface area contributed by atoms with E-state index < -0.39 is 51.9 Å². The van der Waals surface area contributed by atoms with E-state index >= 15 is 0 Å². The van der Waals surface area contributed by atoms with Crippen LogP contribution in [0.2, 0.25) is 5.02 Å². The smallest absolute Gasteiger partial charge is 0.352 e. The molecule has 4 aromatic rings. The number of nitrogens with zero attached hydrogens (tertiary/aromatic N) is 2. The Morgan fingerprint density at radius 2 is 1.49 bits per heavy atom. The molecule has 0 saturated heterocycles. The Morgan fingerprint density at radius 3 is 2.09 bits per heavy atom. The molecule has 0 heterocycles. The predicted octanol–water partition coefficient (Wildman–Crippen LogP) is 7.48. The minimum Gasteiger partial charge on any atom is -0.352 e. The second-order valence-electron chi connectivity index (χ2n) is 11.0. The van der Waals surface area contributed by atoms with E-state index in [1.165, 1.54) is 29.2 Å². The summed E-state index contributed by atoms with van der Waals surface area (Å²) in [7, 11) is -4.64. The topological polar surface area (TPSA) is 86.8 Å². The summed E-state index contributed by atoms with van der Waals surface area (Å²) in [5, 5.41) is 2.53. The second kappa shape index (κ2) is 15.4. The minimum absolute atomic E-state index is 0.0783. The molecule has 1 N–H and O–H groups in total. The Labute approximate surface area is 285 Å². The number of alkyl halides is 3. The number of anilines is 1. The number of sulfonamides is 1. The highest BCUT2D eigenvalue weighted by atomic mass is 79.9.